The van der Waals surface area contributed by atoms with Crippen LogP contribution in [0, 0.1) is 11.3 Å². The summed E-state index contributed by atoms with van der Waals surface area (Å²) >= 11 is 8.86. The standard InChI is InChI=1S/4C10H8N2.2C2H7NS.C2H3N.Ag.3F6P.2Ru/c4*1-3-7-11-9(5-1)10-6-2-4-8-12-10;2*3-1-2-4;1-2-3;;3*1-7(2,3,4,5)6;;/h4*1-8H;2*4H,1-3H2;1H3;;;;;;/q;;;;;;;+1;3*-1;2*+3/p-2. The summed E-state index contributed by atoms with van der Waals surface area (Å²) in [5, 5.41) is 7.32. The Labute approximate surface area is 517 Å². The van der Waals surface area contributed by atoms with Crippen LogP contribution in [-0.2, 0) is 86.6 Å². The number of pyridine rings is 8. The fraction of sp³-hybridized carbons (Fsp3) is 0.109. The number of halogens is 18. The molecule has 8 rings (SSSR count). The van der Waals surface area contributed by atoms with Gasteiger partial charge in [0.1, 0.15) is 0 Å². The number of aromatic nitrogens is 8. The average Bonchev–Trinajstić information content (AvgIpc) is 3.39. The topological polar surface area (TPSA) is 179 Å². The van der Waals surface area contributed by atoms with E-state index in [1.54, 1.807) is 55.6 Å². The van der Waals surface area contributed by atoms with Crippen LogP contribution < -0.4 is 11.5 Å². The van der Waals surface area contributed by atoms with Crippen molar-refractivity contribution in [3.05, 3.63) is 195 Å². The second kappa shape index (κ2) is 37.7. The van der Waals surface area contributed by atoms with Crippen LogP contribution in [0.25, 0.3) is 45.6 Å². The smallest absolute Gasteiger partial charge is 0.791 e. The van der Waals surface area contributed by atoms with E-state index in [-0.39, 0.29) is 61.3 Å². The minimum absolute atomic E-state index is 0. The molecule has 0 fully saturated rings. The Morgan fingerprint density at radius 2 is 0.410 bits per heavy atom. The Morgan fingerprint density at radius 1 is 0.325 bits per heavy atom. The Morgan fingerprint density at radius 3 is 0.458 bits per heavy atom. The minimum atomic E-state index is -10.7. The van der Waals surface area contributed by atoms with Crippen molar-refractivity contribution in [3.63, 3.8) is 0 Å². The van der Waals surface area contributed by atoms with Crippen LogP contribution in [0.5, 0.6) is 0 Å². The first-order chi connectivity index (χ1) is 36.5. The second-order valence-electron chi connectivity index (χ2n) is 13.8. The van der Waals surface area contributed by atoms with Gasteiger partial charge >= 0.3 is 160 Å². The molecule has 0 saturated carbocycles. The van der Waals surface area contributed by atoms with Crippen molar-refractivity contribution in [3.8, 4) is 51.6 Å². The van der Waals surface area contributed by atoms with E-state index in [4.69, 9.17) is 16.7 Å². The predicted molar refractivity (Wildman–Crippen MR) is 284 cm³/mol. The summed E-state index contributed by atoms with van der Waals surface area (Å²) < 4.78 is 178. The molecule has 8 heterocycles. The van der Waals surface area contributed by atoms with E-state index in [0.717, 1.165) is 45.6 Å². The fourth-order valence-corrected chi connectivity index (χ4v) is 4.11. The molecule has 0 atom stereocenters. The molecule has 0 aliphatic carbocycles. The van der Waals surface area contributed by atoms with Crippen LogP contribution in [0.4, 0.5) is 75.5 Å². The Bertz CT molecular complexity index is 2360. The third-order valence-corrected chi connectivity index (χ3v) is 7.08. The van der Waals surface area contributed by atoms with Gasteiger partial charge in [-0.2, -0.15) is 16.8 Å². The molecule has 11 nitrogen and oxygen atoms in total. The predicted octanol–water partition coefficient (Wildman–Crippen LogP) is 18.2. The molecule has 2 radical (unpaired) electrons. The molecular formula is C46H47AgF18N11P3Ru2S2+2. The second-order valence-corrected chi connectivity index (χ2v) is 20.4. The van der Waals surface area contributed by atoms with E-state index in [1.165, 1.54) is 6.92 Å². The summed E-state index contributed by atoms with van der Waals surface area (Å²) in [5.41, 5.74) is 17.2. The summed E-state index contributed by atoms with van der Waals surface area (Å²) in [7, 11) is -32.0. The third kappa shape index (κ3) is 73.4. The van der Waals surface area contributed by atoms with Crippen molar-refractivity contribution in [2.24, 2.45) is 11.5 Å². The maximum Gasteiger partial charge on any atom is 3.00 e. The van der Waals surface area contributed by atoms with Crippen LogP contribution in [0.15, 0.2) is 195 Å². The largest absolute Gasteiger partial charge is 3.00 e. The minimum Gasteiger partial charge on any atom is -0.791 e. The van der Waals surface area contributed by atoms with E-state index in [0.29, 0.717) is 24.6 Å². The molecule has 0 bridgehead atoms. The van der Waals surface area contributed by atoms with Crippen LogP contribution >= 0.6 is 23.4 Å². The average molecular weight is 1560 g/mol. The molecule has 0 spiro atoms. The number of nitrogens with zero attached hydrogens (tertiary/aromatic N) is 9. The van der Waals surface area contributed by atoms with Crippen LogP contribution in [0.3, 0.4) is 0 Å². The van der Waals surface area contributed by atoms with E-state index < -0.39 is 23.4 Å². The fourth-order valence-electron chi connectivity index (χ4n) is 4.11. The molecule has 464 valence electrons. The molecule has 0 aliphatic heterocycles. The number of hydrogen-bond acceptors (Lipinski definition) is 13. The van der Waals surface area contributed by atoms with Crippen molar-refractivity contribution in [1.29, 1.82) is 5.26 Å². The van der Waals surface area contributed by atoms with Gasteiger partial charge in [0.25, 0.3) is 0 Å². The Balaban J connectivity index is -0.000000278. The van der Waals surface area contributed by atoms with Gasteiger partial charge in [0.15, 0.2) is 0 Å². The molecule has 0 aromatic carbocycles. The third-order valence-electron chi connectivity index (χ3n) is 6.60. The zero-order valence-electron chi connectivity index (χ0n) is 42.0. The maximum absolute atomic E-state index is 10.7. The normalized spacial score (nSPS) is 12.3. The van der Waals surface area contributed by atoms with Gasteiger partial charge in [0.05, 0.1) is 51.6 Å². The number of nitrogens with two attached hydrogens (primary N) is 2. The van der Waals surface area contributed by atoms with Crippen molar-refractivity contribution < 1.29 is 137 Å². The first-order valence-electron chi connectivity index (χ1n) is 21.3. The van der Waals surface area contributed by atoms with Gasteiger partial charge in [-0.05, 0) is 110 Å². The summed E-state index contributed by atoms with van der Waals surface area (Å²) in [4.78, 5) is 33.5. The van der Waals surface area contributed by atoms with E-state index in [9.17, 15) is 75.5 Å². The monoisotopic (exact) mass is 1560 g/mol. The van der Waals surface area contributed by atoms with Gasteiger partial charge in [0.2, 0.25) is 0 Å². The molecule has 37 heteroatoms. The van der Waals surface area contributed by atoms with Gasteiger partial charge < -0.3 is 36.7 Å². The number of hydrogen-bond donors (Lipinski definition) is 2. The van der Waals surface area contributed by atoms with Gasteiger partial charge in [-0.15, -0.1) is 0 Å². The Kier molecular flexibility index (Phi) is 39.6. The summed E-state index contributed by atoms with van der Waals surface area (Å²) in [5.74, 6) is 1.36. The first-order valence-corrected chi connectivity index (χ1v) is 28.6. The summed E-state index contributed by atoms with van der Waals surface area (Å²) in [6, 6.07) is 48.1. The van der Waals surface area contributed by atoms with Crippen molar-refractivity contribution in [2.75, 3.05) is 24.6 Å². The van der Waals surface area contributed by atoms with E-state index in [2.05, 4.69) is 65.1 Å². The van der Waals surface area contributed by atoms with Crippen LogP contribution in [0.2, 0.25) is 0 Å². The summed E-state index contributed by atoms with van der Waals surface area (Å²) in [6.45, 7) is 2.70. The zero-order chi connectivity index (χ0) is 61.7. The molecule has 0 unspecified atom stereocenters. The van der Waals surface area contributed by atoms with Crippen molar-refractivity contribution in [2.45, 2.75) is 6.92 Å². The van der Waals surface area contributed by atoms with E-state index in [1.807, 2.05) is 146 Å². The van der Waals surface area contributed by atoms with Crippen LogP contribution in [0.1, 0.15) is 6.92 Å². The van der Waals surface area contributed by atoms with Crippen LogP contribution in [-0.4, -0.2) is 64.5 Å². The molecule has 83 heavy (non-hydrogen) atoms. The molecule has 0 saturated heterocycles. The van der Waals surface area contributed by atoms with Crippen molar-refractivity contribution >= 4 is 48.7 Å². The maximum atomic E-state index is 9.87. The number of rotatable bonds is 6. The quantitative estimate of drug-likeness (QED) is 0.0696. The van der Waals surface area contributed by atoms with Gasteiger partial charge in [-0.1, -0.05) is 48.5 Å². The molecule has 8 aromatic heterocycles. The molecule has 8 aromatic rings. The molecule has 4 N–H and O–H groups in total. The van der Waals surface area contributed by atoms with Gasteiger partial charge in [0, 0.05) is 56.5 Å². The number of nitriles is 1. The first kappa shape index (κ1) is 87.1. The molecular weight excluding hydrogens is 1520 g/mol. The van der Waals surface area contributed by atoms with E-state index >= 15 is 0 Å². The van der Waals surface area contributed by atoms with Gasteiger partial charge in [-0.25, -0.2) is 0 Å². The summed E-state index contributed by atoms with van der Waals surface area (Å²) in [6.07, 6.45) is 14.1. The van der Waals surface area contributed by atoms with Gasteiger partial charge in [-0.3, -0.25) is 39.9 Å². The SMILES string of the molecule is CC#N.F[P-](F)(F)(F)(F)F.F[P-](F)(F)(F)(F)F.F[P-](F)(F)(F)(F)F.NCC[S-].NCC[S-].[Ag+].[Ru+3].[Ru+3].c1ccc(-c2ccccn2)nc1.c1ccc(-c2ccccn2)nc1.c1ccc(-c2ccccn2)nc1.c1ccc(-c2ccccn2)nc1. The Hall–Kier alpha value is -4.67. The van der Waals surface area contributed by atoms with Crippen molar-refractivity contribution in [1.82, 2.24) is 39.9 Å². The molecule has 0 amide bonds. The molecule has 0 aliphatic rings. The zero-order valence-corrected chi connectivity index (χ0v) is 51.2.